The van der Waals surface area contributed by atoms with Crippen molar-refractivity contribution in [1.82, 2.24) is 0 Å². The Balaban J connectivity index is 1.40. The zero-order valence-corrected chi connectivity index (χ0v) is 15.4. The molecule has 1 fully saturated rings. The molecular formula is C24H20N2O2. The van der Waals surface area contributed by atoms with Crippen molar-refractivity contribution in [3.63, 3.8) is 0 Å². The Morgan fingerprint density at radius 2 is 1.54 bits per heavy atom. The van der Waals surface area contributed by atoms with Crippen LogP contribution in [0.3, 0.4) is 0 Å². The van der Waals surface area contributed by atoms with Crippen molar-refractivity contribution in [3.05, 3.63) is 83.4 Å². The van der Waals surface area contributed by atoms with Crippen molar-refractivity contribution in [1.29, 1.82) is 0 Å². The van der Waals surface area contributed by atoms with Crippen molar-refractivity contribution >= 4 is 23.1 Å². The summed E-state index contributed by atoms with van der Waals surface area (Å²) in [6, 6.07) is 20.9. The number of anilines is 2. The third kappa shape index (κ3) is 2.78. The van der Waals surface area contributed by atoms with E-state index in [-0.39, 0.29) is 11.7 Å². The van der Waals surface area contributed by atoms with Gasteiger partial charge in [0.15, 0.2) is 5.78 Å². The summed E-state index contributed by atoms with van der Waals surface area (Å²) < 4.78 is 0. The van der Waals surface area contributed by atoms with E-state index < -0.39 is 0 Å². The predicted molar refractivity (Wildman–Crippen MR) is 111 cm³/mol. The van der Waals surface area contributed by atoms with Crippen LogP contribution in [0.2, 0.25) is 0 Å². The summed E-state index contributed by atoms with van der Waals surface area (Å²) in [6.07, 6.45) is 2.42. The predicted octanol–water partition coefficient (Wildman–Crippen LogP) is 4.75. The first-order chi connectivity index (χ1) is 13.7. The van der Waals surface area contributed by atoms with Crippen LogP contribution in [-0.4, -0.2) is 24.8 Å². The van der Waals surface area contributed by atoms with Crippen molar-refractivity contribution in [2.24, 2.45) is 0 Å². The van der Waals surface area contributed by atoms with Crippen LogP contribution >= 0.6 is 0 Å². The van der Waals surface area contributed by atoms with Gasteiger partial charge in [0, 0.05) is 41.2 Å². The lowest BCUT2D eigenvalue weighted by Crippen LogP contribution is -2.18. The molecule has 3 aromatic rings. The Kier molecular flexibility index (Phi) is 3.97. The molecule has 0 bridgehead atoms. The normalized spacial score (nSPS) is 14.7. The zero-order chi connectivity index (χ0) is 19.1. The molecule has 0 unspecified atom stereocenters. The van der Waals surface area contributed by atoms with Gasteiger partial charge < -0.3 is 10.2 Å². The Hall–Kier alpha value is -3.40. The van der Waals surface area contributed by atoms with Crippen molar-refractivity contribution in [2.45, 2.75) is 12.8 Å². The average molecular weight is 368 g/mol. The van der Waals surface area contributed by atoms with Crippen molar-refractivity contribution < 1.29 is 9.59 Å². The summed E-state index contributed by atoms with van der Waals surface area (Å²) in [5.41, 5.74) is 5.53. The summed E-state index contributed by atoms with van der Waals surface area (Å²) in [6.45, 7) is 2.12. The Morgan fingerprint density at radius 1 is 0.786 bits per heavy atom. The lowest BCUT2D eigenvalue weighted by atomic mass is 10.0. The number of hydrogen-bond donors (Lipinski definition) is 1. The van der Waals surface area contributed by atoms with E-state index >= 15 is 0 Å². The second kappa shape index (κ2) is 6.64. The van der Waals surface area contributed by atoms with Gasteiger partial charge in [-0.15, -0.1) is 0 Å². The highest BCUT2D eigenvalue weighted by molar-refractivity contribution is 6.22. The molecule has 5 rings (SSSR count). The zero-order valence-electron chi connectivity index (χ0n) is 15.4. The number of rotatable bonds is 3. The Bertz CT molecular complexity index is 1100. The third-order valence-electron chi connectivity index (χ3n) is 5.56. The monoisotopic (exact) mass is 368 g/mol. The summed E-state index contributed by atoms with van der Waals surface area (Å²) in [5, 5.41) is 2.97. The SMILES string of the molecule is O=C(Nc1cccc(N2CCCC2)c1)c1ccc2c(c1)C(=O)c1ccccc1-2. The molecule has 1 saturated heterocycles. The number of carbonyl (C=O) groups excluding carboxylic acids is 2. The highest BCUT2D eigenvalue weighted by Crippen LogP contribution is 2.36. The number of fused-ring (bicyclic) bond motifs is 3. The first-order valence-electron chi connectivity index (χ1n) is 9.65. The minimum atomic E-state index is -0.204. The van der Waals surface area contributed by atoms with Gasteiger partial charge in [-0.2, -0.15) is 0 Å². The second-order valence-corrected chi connectivity index (χ2v) is 7.33. The highest BCUT2D eigenvalue weighted by atomic mass is 16.1. The first kappa shape index (κ1) is 16.8. The second-order valence-electron chi connectivity index (χ2n) is 7.33. The molecule has 2 aliphatic rings. The maximum absolute atomic E-state index is 12.8. The molecule has 138 valence electrons. The van der Waals surface area contributed by atoms with Gasteiger partial charge in [0.25, 0.3) is 5.91 Å². The van der Waals surface area contributed by atoms with Gasteiger partial charge in [-0.25, -0.2) is 0 Å². The van der Waals surface area contributed by atoms with Crippen LogP contribution in [0.15, 0.2) is 66.7 Å². The maximum Gasteiger partial charge on any atom is 0.255 e. The van der Waals surface area contributed by atoms with E-state index in [1.54, 1.807) is 12.1 Å². The molecule has 28 heavy (non-hydrogen) atoms. The van der Waals surface area contributed by atoms with Gasteiger partial charge >= 0.3 is 0 Å². The molecule has 1 amide bonds. The molecule has 4 heteroatoms. The smallest absolute Gasteiger partial charge is 0.255 e. The number of ketones is 1. The molecular weight excluding hydrogens is 348 g/mol. The topological polar surface area (TPSA) is 49.4 Å². The number of nitrogens with zero attached hydrogens (tertiary/aromatic N) is 1. The van der Waals surface area contributed by atoms with E-state index in [4.69, 9.17) is 0 Å². The minimum Gasteiger partial charge on any atom is -0.371 e. The molecule has 0 aromatic heterocycles. The van der Waals surface area contributed by atoms with Crippen LogP contribution in [0.4, 0.5) is 11.4 Å². The van der Waals surface area contributed by atoms with Gasteiger partial charge in [0.2, 0.25) is 0 Å². The van der Waals surface area contributed by atoms with Gasteiger partial charge in [0.1, 0.15) is 0 Å². The van der Waals surface area contributed by atoms with E-state index in [9.17, 15) is 9.59 Å². The average Bonchev–Trinajstić information content (AvgIpc) is 3.36. The molecule has 0 spiro atoms. The Morgan fingerprint density at radius 3 is 2.36 bits per heavy atom. The standard InChI is InChI=1S/C24H20N2O2/c27-23-21-9-2-1-8-19(21)20-11-10-16(14-22(20)23)24(28)25-17-6-5-7-18(15-17)26-12-3-4-13-26/h1-2,5-11,14-15H,3-4,12-13H2,(H,25,28). The molecule has 1 aliphatic heterocycles. The van der Waals surface area contributed by atoms with Gasteiger partial charge in [-0.05, 0) is 54.3 Å². The minimum absolute atomic E-state index is 0.0173. The number of carbonyl (C=O) groups is 2. The molecule has 1 heterocycles. The first-order valence-corrected chi connectivity index (χ1v) is 9.65. The van der Waals surface area contributed by atoms with Crippen LogP contribution in [0.25, 0.3) is 11.1 Å². The van der Waals surface area contributed by atoms with Gasteiger partial charge in [-0.3, -0.25) is 9.59 Å². The maximum atomic E-state index is 12.8. The fraction of sp³-hybridized carbons (Fsp3) is 0.167. The van der Waals surface area contributed by atoms with E-state index in [1.807, 2.05) is 48.5 Å². The number of nitrogens with one attached hydrogen (secondary N) is 1. The molecule has 0 saturated carbocycles. The van der Waals surface area contributed by atoms with Gasteiger partial charge in [-0.1, -0.05) is 36.4 Å². The van der Waals surface area contributed by atoms with Crippen LogP contribution in [0, 0.1) is 0 Å². The fourth-order valence-electron chi connectivity index (χ4n) is 4.13. The van der Waals surface area contributed by atoms with E-state index in [0.717, 1.165) is 35.6 Å². The third-order valence-corrected chi connectivity index (χ3v) is 5.56. The lowest BCUT2D eigenvalue weighted by Gasteiger charge is -2.18. The van der Waals surface area contributed by atoms with E-state index in [0.29, 0.717) is 16.7 Å². The van der Waals surface area contributed by atoms with Crippen molar-refractivity contribution in [2.75, 3.05) is 23.3 Å². The van der Waals surface area contributed by atoms with E-state index in [2.05, 4.69) is 16.3 Å². The molecule has 0 radical (unpaired) electrons. The lowest BCUT2D eigenvalue weighted by molar-refractivity contribution is 0.102. The molecule has 3 aromatic carbocycles. The highest BCUT2D eigenvalue weighted by Gasteiger charge is 2.27. The fourth-order valence-corrected chi connectivity index (χ4v) is 4.13. The summed E-state index contributed by atoms with van der Waals surface area (Å²) in [5.74, 6) is -0.221. The Labute approximate surface area is 163 Å². The van der Waals surface area contributed by atoms with Crippen molar-refractivity contribution in [3.8, 4) is 11.1 Å². The largest absolute Gasteiger partial charge is 0.371 e. The van der Waals surface area contributed by atoms with Crippen LogP contribution in [0.5, 0.6) is 0 Å². The number of hydrogen-bond acceptors (Lipinski definition) is 3. The summed E-state index contributed by atoms with van der Waals surface area (Å²) >= 11 is 0. The summed E-state index contributed by atoms with van der Waals surface area (Å²) in [4.78, 5) is 27.8. The molecule has 1 N–H and O–H groups in total. The molecule has 1 aliphatic carbocycles. The number of amides is 1. The quantitative estimate of drug-likeness (QED) is 0.568. The molecule has 0 atom stereocenters. The molecule has 4 nitrogen and oxygen atoms in total. The van der Waals surface area contributed by atoms with E-state index in [1.165, 1.54) is 12.8 Å². The van der Waals surface area contributed by atoms with Gasteiger partial charge in [0.05, 0.1) is 0 Å². The van der Waals surface area contributed by atoms with Crippen LogP contribution < -0.4 is 10.2 Å². The number of benzene rings is 3. The summed E-state index contributed by atoms with van der Waals surface area (Å²) in [7, 11) is 0. The van der Waals surface area contributed by atoms with Crippen LogP contribution in [0.1, 0.15) is 39.1 Å². The van der Waals surface area contributed by atoms with Crippen LogP contribution in [-0.2, 0) is 0 Å².